The van der Waals surface area contributed by atoms with Crippen molar-refractivity contribution in [1.82, 2.24) is 15.5 Å². The zero-order valence-corrected chi connectivity index (χ0v) is 13.3. The van der Waals surface area contributed by atoms with Crippen molar-refractivity contribution in [1.29, 1.82) is 0 Å². The Morgan fingerprint density at radius 3 is 2.63 bits per heavy atom. The first kappa shape index (κ1) is 16.4. The van der Waals surface area contributed by atoms with Crippen molar-refractivity contribution in [2.45, 2.75) is 59.0 Å². The molecule has 0 radical (unpaired) electrons. The number of carbonyl (C=O) groups is 1. The van der Waals surface area contributed by atoms with E-state index in [0.717, 1.165) is 26.1 Å². The van der Waals surface area contributed by atoms with Gasteiger partial charge < -0.3 is 15.5 Å². The fraction of sp³-hybridized carbons (Fsp3) is 0.933. The van der Waals surface area contributed by atoms with Gasteiger partial charge >= 0.3 is 0 Å². The Balaban J connectivity index is 2.27. The first-order valence-corrected chi connectivity index (χ1v) is 7.65. The van der Waals surface area contributed by atoms with Crippen LogP contribution in [-0.2, 0) is 4.79 Å². The third kappa shape index (κ3) is 5.49. The maximum Gasteiger partial charge on any atom is 0.237 e. The molecular formula is C15H31N3O. The van der Waals surface area contributed by atoms with Gasteiger partial charge in [-0.05, 0) is 59.2 Å². The fourth-order valence-corrected chi connectivity index (χ4v) is 2.33. The molecule has 19 heavy (non-hydrogen) atoms. The second kappa shape index (κ2) is 7.25. The first-order chi connectivity index (χ1) is 8.88. The van der Waals surface area contributed by atoms with Crippen LogP contribution in [0.5, 0.6) is 0 Å². The van der Waals surface area contributed by atoms with Crippen LogP contribution in [0.4, 0.5) is 0 Å². The number of nitrogens with one attached hydrogen (secondary N) is 2. The molecule has 0 bridgehead atoms. The van der Waals surface area contributed by atoms with Crippen LogP contribution in [-0.4, -0.2) is 48.6 Å². The molecule has 2 unspecified atom stereocenters. The topological polar surface area (TPSA) is 44.4 Å². The van der Waals surface area contributed by atoms with Crippen molar-refractivity contribution in [2.24, 2.45) is 5.92 Å². The quantitative estimate of drug-likeness (QED) is 0.738. The van der Waals surface area contributed by atoms with Crippen molar-refractivity contribution in [3.63, 3.8) is 0 Å². The van der Waals surface area contributed by atoms with E-state index in [4.69, 9.17) is 0 Å². The molecule has 2 N–H and O–H groups in total. The van der Waals surface area contributed by atoms with Gasteiger partial charge in [-0.25, -0.2) is 0 Å². The van der Waals surface area contributed by atoms with Gasteiger partial charge in [0.2, 0.25) is 5.91 Å². The molecule has 4 nitrogen and oxygen atoms in total. The maximum absolute atomic E-state index is 12.1. The lowest BCUT2D eigenvalue weighted by Gasteiger charge is -2.27. The van der Waals surface area contributed by atoms with Gasteiger partial charge in [-0.15, -0.1) is 0 Å². The van der Waals surface area contributed by atoms with E-state index in [-0.39, 0.29) is 17.5 Å². The highest BCUT2D eigenvalue weighted by Crippen LogP contribution is 2.14. The first-order valence-electron chi connectivity index (χ1n) is 7.65. The highest BCUT2D eigenvalue weighted by molar-refractivity contribution is 5.81. The Hall–Kier alpha value is -0.610. The second-order valence-electron chi connectivity index (χ2n) is 6.40. The van der Waals surface area contributed by atoms with Crippen LogP contribution >= 0.6 is 0 Å². The second-order valence-corrected chi connectivity index (χ2v) is 6.40. The summed E-state index contributed by atoms with van der Waals surface area (Å²) in [6, 6.07) is -0.110. The van der Waals surface area contributed by atoms with E-state index >= 15 is 0 Å². The van der Waals surface area contributed by atoms with Crippen LogP contribution in [0.1, 0.15) is 47.5 Å². The maximum atomic E-state index is 12.1. The molecule has 0 spiro atoms. The number of hydrogen-bond acceptors (Lipinski definition) is 3. The van der Waals surface area contributed by atoms with E-state index in [1.54, 1.807) is 0 Å². The molecule has 112 valence electrons. The minimum absolute atomic E-state index is 0.109. The number of nitrogens with zero attached hydrogens (tertiary/aromatic N) is 1. The number of amides is 1. The number of hydrogen-bond donors (Lipinski definition) is 2. The Labute approximate surface area is 118 Å². The van der Waals surface area contributed by atoms with Crippen molar-refractivity contribution < 1.29 is 4.79 Å². The highest BCUT2D eigenvalue weighted by atomic mass is 16.2. The summed E-state index contributed by atoms with van der Waals surface area (Å²) in [7, 11) is 0. The van der Waals surface area contributed by atoms with E-state index in [0.29, 0.717) is 5.92 Å². The summed E-state index contributed by atoms with van der Waals surface area (Å²) in [5, 5.41) is 6.47. The molecule has 1 aliphatic heterocycles. The van der Waals surface area contributed by atoms with Crippen LogP contribution in [0, 0.1) is 5.92 Å². The molecule has 4 heteroatoms. The van der Waals surface area contributed by atoms with Crippen molar-refractivity contribution in [3.05, 3.63) is 0 Å². The normalized spacial score (nSPS) is 22.5. The van der Waals surface area contributed by atoms with E-state index in [9.17, 15) is 4.79 Å². The average Bonchev–Trinajstić information content (AvgIpc) is 2.83. The molecule has 2 atom stereocenters. The third-order valence-electron chi connectivity index (χ3n) is 4.27. The average molecular weight is 269 g/mol. The summed E-state index contributed by atoms with van der Waals surface area (Å²) in [5.41, 5.74) is -0.112. The van der Waals surface area contributed by atoms with Gasteiger partial charge in [0.1, 0.15) is 0 Å². The third-order valence-corrected chi connectivity index (χ3v) is 4.27. The largest absolute Gasteiger partial charge is 0.350 e. The SMILES string of the molecule is CCN1CCC(CNC(C)C(=O)NC(C)(C)CC)C1. The van der Waals surface area contributed by atoms with E-state index in [2.05, 4.69) is 43.2 Å². The zero-order valence-electron chi connectivity index (χ0n) is 13.3. The highest BCUT2D eigenvalue weighted by Gasteiger charge is 2.24. The Bertz CT molecular complexity index is 291. The molecule has 0 aromatic rings. The number of likely N-dealkylation sites (tertiary alicyclic amines) is 1. The van der Waals surface area contributed by atoms with Crippen LogP contribution in [0.3, 0.4) is 0 Å². The van der Waals surface area contributed by atoms with Gasteiger partial charge in [0.15, 0.2) is 0 Å². The molecule has 0 aromatic carbocycles. The predicted molar refractivity (Wildman–Crippen MR) is 80.2 cm³/mol. The minimum Gasteiger partial charge on any atom is -0.350 e. The standard InChI is InChI=1S/C15H31N3O/c1-6-15(4,5)17-14(19)12(3)16-10-13-8-9-18(7-2)11-13/h12-13,16H,6-11H2,1-5H3,(H,17,19). The fourth-order valence-electron chi connectivity index (χ4n) is 2.33. The van der Waals surface area contributed by atoms with Crippen LogP contribution in [0.15, 0.2) is 0 Å². The Kier molecular flexibility index (Phi) is 6.27. The van der Waals surface area contributed by atoms with Gasteiger partial charge in [0.05, 0.1) is 6.04 Å². The van der Waals surface area contributed by atoms with Gasteiger partial charge in [0, 0.05) is 12.1 Å². The summed E-state index contributed by atoms with van der Waals surface area (Å²) in [5.74, 6) is 0.798. The zero-order chi connectivity index (χ0) is 14.5. The summed E-state index contributed by atoms with van der Waals surface area (Å²) in [4.78, 5) is 14.5. The number of carbonyl (C=O) groups excluding carboxylic acids is 1. The Morgan fingerprint density at radius 1 is 1.42 bits per heavy atom. The molecule has 1 fully saturated rings. The molecule has 1 saturated heterocycles. The van der Waals surface area contributed by atoms with Gasteiger partial charge in [-0.3, -0.25) is 4.79 Å². The lowest BCUT2D eigenvalue weighted by atomic mass is 10.0. The number of rotatable bonds is 7. The van der Waals surface area contributed by atoms with Gasteiger partial charge in [-0.2, -0.15) is 0 Å². The molecule has 0 saturated carbocycles. The van der Waals surface area contributed by atoms with Crippen LogP contribution in [0.25, 0.3) is 0 Å². The van der Waals surface area contributed by atoms with Gasteiger partial charge in [0.25, 0.3) is 0 Å². The molecule has 1 aliphatic rings. The smallest absolute Gasteiger partial charge is 0.237 e. The molecular weight excluding hydrogens is 238 g/mol. The molecule has 0 aliphatic carbocycles. The van der Waals surface area contributed by atoms with E-state index < -0.39 is 0 Å². The van der Waals surface area contributed by atoms with Crippen molar-refractivity contribution in [2.75, 3.05) is 26.2 Å². The summed E-state index contributed by atoms with van der Waals surface area (Å²) in [6.07, 6.45) is 2.19. The van der Waals surface area contributed by atoms with Gasteiger partial charge in [-0.1, -0.05) is 13.8 Å². The lowest BCUT2D eigenvalue weighted by molar-refractivity contribution is -0.124. The van der Waals surface area contributed by atoms with Crippen molar-refractivity contribution in [3.8, 4) is 0 Å². The van der Waals surface area contributed by atoms with Crippen molar-refractivity contribution >= 4 is 5.91 Å². The molecule has 1 heterocycles. The van der Waals surface area contributed by atoms with E-state index in [1.165, 1.54) is 13.0 Å². The Morgan fingerprint density at radius 2 is 2.11 bits per heavy atom. The van der Waals surface area contributed by atoms with E-state index in [1.807, 2.05) is 6.92 Å². The minimum atomic E-state index is -0.112. The summed E-state index contributed by atoms with van der Waals surface area (Å²) in [6.45, 7) is 14.8. The monoisotopic (exact) mass is 269 g/mol. The lowest BCUT2D eigenvalue weighted by Crippen LogP contribution is -2.51. The summed E-state index contributed by atoms with van der Waals surface area (Å²) >= 11 is 0. The summed E-state index contributed by atoms with van der Waals surface area (Å²) < 4.78 is 0. The predicted octanol–water partition coefficient (Wildman–Crippen LogP) is 1.61. The molecule has 1 amide bonds. The molecule has 0 aromatic heterocycles. The van der Waals surface area contributed by atoms with Crippen LogP contribution in [0.2, 0.25) is 0 Å². The molecule has 1 rings (SSSR count). The van der Waals surface area contributed by atoms with Crippen LogP contribution < -0.4 is 10.6 Å².